The maximum Gasteiger partial charge on any atom is 0.223 e. The fourth-order valence-electron chi connectivity index (χ4n) is 2.97. The summed E-state index contributed by atoms with van der Waals surface area (Å²) in [5, 5.41) is 3.90. The van der Waals surface area contributed by atoms with Gasteiger partial charge in [0.1, 0.15) is 11.6 Å². The van der Waals surface area contributed by atoms with Crippen LogP contribution in [0.1, 0.15) is 38.1 Å². The summed E-state index contributed by atoms with van der Waals surface area (Å²) in [4.78, 5) is 18.9. The lowest BCUT2D eigenvalue weighted by Gasteiger charge is -2.31. The monoisotopic (exact) mass is 362 g/mol. The summed E-state index contributed by atoms with van der Waals surface area (Å²) in [5.41, 5.74) is 0.995. The second kappa shape index (κ2) is 7.91. The number of hydrogen-bond acceptors (Lipinski definition) is 5. The number of halogens is 1. The van der Waals surface area contributed by atoms with Crippen LogP contribution in [-0.4, -0.2) is 34.4 Å². The minimum Gasteiger partial charge on any atom is -0.354 e. The minimum atomic E-state index is -0.236. The Morgan fingerprint density at radius 2 is 2.00 bits per heavy atom. The van der Waals surface area contributed by atoms with Gasteiger partial charge in [0.25, 0.3) is 0 Å². The third-order valence-electron chi connectivity index (χ3n) is 4.30. The molecule has 5 nitrogen and oxygen atoms in total. The van der Waals surface area contributed by atoms with Gasteiger partial charge in [-0.2, -0.15) is 4.37 Å². The number of carbonyl (C=O) groups excluding carboxylic acids is 1. The highest BCUT2D eigenvalue weighted by Gasteiger charge is 2.26. The zero-order valence-electron chi connectivity index (χ0n) is 14.5. The van der Waals surface area contributed by atoms with Gasteiger partial charge in [-0.1, -0.05) is 12.1 Å². The Balaban J connectivity index is 1.55. The number of nitrogens with one attached hydrogen (secondary N) is 1. The fourth-order valence-corrected chi connectivity index (χ4v) is 3.70. The fraction of sp³-hybridized carbons (Fsp3) is 0.500. The molecule has 134 valence electrons. The number of amides is 1. The smallest absolute Gasteiger partial charge is 0.223 e. The van der Waals surface area contributed by atoms with Gasteiger partial charge >= 0.3 is 0 Å². The standard InChI is InChI=1S/C18H23FN4OS/c1-12(2)20-17(24)14-7-9-23(10-8-14)18-21-16(22-25-18)11-13-3-5-15(19)6-4-13/h3-6,12,14H,7-11H2,1-2H3,(H,20,24). The van der Waals surface area contributed by atoms with Crippen LogP contribution in [0.3, 0.4) is 0 Å². The van der Waals surface area contributed by atoms with E-state index in [4.69, 9.17) is 0 Å². The third-order valence-corrected chi connectivity index (χ3v) is 5.11. The number of carbonyl (C=O) groups is 1. The first-order valence-corrected chi connectivity index (χ1v) is 9.41. The molecule has 1 saturated heterocycles. The van der Waals surface area contributed by atoms with E-state index in [1.807, 2.05) is 13.8 Å². The number of benzene rings is 1. The van der Waals surface area contributed by atoms with Crippen molar-refractivity contribution in [1.82, 2.24) is 14.7 Å². The van der Waals surface area contributed by atoms with Crippen molar-refractivity contribution in [1.29, 1.82) is 0 Å². The molecule has 1 aromatic heterocycles. The number of aromatic nitrogens is 2. The second-order valence-corrected chi connectivity index (χ2v) is 7.45. The molecule has 1 aliphatic heterocycles. The number of rotatable bonds is 5. The average Bonchev–Trinajstić information content (AvgIpc) is 3.05. The van der Waals surface area contributed by atoms with E-state index in [1.54, 1.807) is 12.1 Å². The summed E-state index contributed by atoms with van der Waals surface area (Å²) in [6.07, 6.45) is 2.28. The lowest BCUT2D eigenvalue weighted by Crippen LogP contribution is -2.42. The Hall–Kier alpha value is -2.02. The van der Waals surface area contributed by atoms with Crippen molar-refractivity contribution in [2.24, 2.45) is 5.92 Å². The van der Waals surface area contributed by atoms with E-state index in [0.29, 0.717) is 6.42 Å². The Bertz CT molecular complexity index is 708. The van der Waals surface area contributed by atoms with E-state index >= 15 is 0 Å². The highest BCUT2D eigenvalue weighted by molar-refractivity contribution is 7.09. The minimum absolute atomic E-state index is 0.0882. The molecule has 7 heteroatoms. The van der Waals surface area contributed by atoms with Crippen LogP contribution >= 0.6 is 11.5 Å². The normalized spacial score (nSPS) is 15.6. The topological polar surface area (TPSA) is 58.1 Å². The predicted molar refractivity (Wildman–Crippen MR) is 97.3 cm³/mol. The zero-order valence-corrected chi connectivity index (χ0v) is 15.4. The van der Waals surface area contributed by atoms with Crippen molar-refractivity contribution in [3.05, 3.63) is 41.5 Å². The van der Waals surface area contributed by atoms with E-state index in [1.165, 1.54) is 23.7 Å². The van der Waals surface area contributed by atoms with Crippen molar-refractivity contribution in [2.45, 2.75) is 39.2 Å². The number of hydrogen-bond donors (Lipinski definition) is 1. The molecule has 2 heterocycles. The van der Waals surface area contributed by atoms with Crippen LogP contribution in [0.2, 0.25) is 0 Å². The SMILES string of the molecule is CC(C)NC(=O)C1CCN(c2nc(Cc3ccc(F)cc3)ns2)CC1. The second-order valence-electron chi connectivity index (χ2n) is 6.72. The Morgan fingerprint density at radius 3 is 2.64 bits per heavy atom. The number of anilines is 1. The van der Waals surface area contributed by atoms with Crippen LogP contribution in [0.5, 0.6) is 0 Å². The van der Waals surface area contributed by atoms with Gasteiger partial charge in [-0.3, -0.25) is 4.79 Å². The molecule has 0 bridgehead atoms. The molecule has 0 unspecified atom stereocenters. The lowest BCUT2D eigenvalue weighted by atomic mass is 9.96. The molecular weight excluding hydrogens is 339 g/mol. The summed E-state index contributed by atoms with van der Waals surface area (Å²) < 4.78 is 17.4. The highest BCUT2D eigenvalue weighted by atomic mass is 32.1. The highest BCUT2D eigenvalue weighted by Crippen LogP contribution is 2.25. The van der Waals surface area contributed by atoms with E-state index in [0.717, 1.165) is 42.5 Å². The molecule has 1 fully saturated rings. The molecule has 25 heavy (non-hydrogen) atoms. The van der Waals surface area contributed by atoms with E-state index in [-0.39, 0.29) is 23.7 Å². The Labute approximate surface area is 151 Å². The van der Waals surface area contributed by atoms with E-state index in [2.05, 4.69) is 19.6 Å². The molecule has 1 amide bonds. The molecule has 2 aromatic rings. The lowest BCUT2D eigenvalue weighted by molar-refractivity contribution is -0.126. The molecule has 0 spiro atoms. The maximum absolute atomic E-state index is 13.0. The third kappa shape index (κ3) is 4.75. The predicted octanol–water partition coefficient (Wildman–Crippen LogP) is 3.01. The van der Waals surface area contributed by atoms with Crippen molar-refractivity contribution in [3.63, 3.8) is 0 Å². The van der Waals surface area contributed by atoms with Crippen LogP contribution in [-0.2, 0) is 11.2 Å². The van der Waals surface area contributed by atoms with Crippen LogP contribution in [0, 0.1) is 11.7 Å². The molecule has 1 aliphatic rings. The van der Waals surface area contributed by atoms with Gasteiger partial charge in [-0.15, -0.1) is 0 Å². The van der Waals surface area contributed by atoms with Crippen molar-refractivity contribution in [2.75, 3.05) is 18.0 Å². The van der Waals surface area contributed by atoms with E-state index < -0.39 is 0 Å². The van der Waals surface area contributed by atoms with Gasteiger partial charge in [0.15, 0.2) is 0 Å². The van der Waals surface area contributed by atoms with Crippen molar-refractivity contribution < 1.29 is 9.18 Å². The molecule has 0 saturated carbocycles. The van der Waals surface area contributed by atoms with Crippen LogP contribution in [0.4, 0.5) is 9.52 Å². The van der Waals surface area contributed by atoms with Gasteiger partial charge in [-0.25, -0.2) is 9.37 Å². The number of nitrogens with zero attached hydrogens (tertiary/aromatic N) is 3. The Kier molecular flexibility index (Phi) is 5.63. The first kappa shape index (κ1) is 17.8. The summed E-state index contributed by atoms with van der Waals surface area (Å²) in [6.45, 7) is 5.61. The molecule has 3 rings (SSSR count). The van der Waals surface area contributed by atoms with Crippen LogP contribution in [0.15, 0.2) is 24.3 Å². The van der Waals surface area contributed by atoms with Crippen LogP contribution < -0.4 is 10.2 Å². The largest absolute Gasteiger partial charge is 0.354 e. The molecular formula is C18H23FN4OS. The first-order chi connectivity index (χ1) is 12.0. The average molecular weight is 362 g/mol. The number of piperidine rings is 1. The van der Waals surface area contributed by atoms with Gasteiger partial charge in [0, 0.05) is 43.0 Å². The Morgan fingerprint density at radius 1 is 1.32 bits per heavy atom. The molecule has 0 radical (unpaired) electrons. The van der Waals surface area contributed by atoms with E-state index in [9.17, 15) is 9.18 Å². The molecule has 0 atom stereocenters. The molecule has 1 N–H and O–H groups in total. The summed E-state index contributed by atoms with van der Waals surface area (Å²) in [6, 6.07) is 6.61. The first-order valence-electron chi connectivity index (χ1n) is 8.63. The summed E-state index contributed by atoms with van der Waals surface area (Å²) in [5.74, 6) is 0.764. The molecule has 1 aromatic carbocycles. The van der Waals surface area contributed by atoms with Gasteiger partial charge in [0.05, 0.1) is 0 Å². The van der Waals surface area contributed by atoms with Gasteiger partial charge in [-0.05, 0) is 44.4 Å². The van der Waals surface area contributed by atoms with Gasteiger partial charge < -0.3 is 10.2 Å². The zero-order chi connectivity index (χ0) is 17.8. The summed E-state index contributed by atoms with van der Waals surface area (Å²) >= 11 is 1.39. The molecule has 0 aliphatic carbocycles. The summed E-state index contributed by atoms with van der Waals surface area (Å²) in [7, 11) is 0. The van der Waals surface area contributed by atoms with Gasteiger partial charge in [0.2, 0.25) is 11.0 Å². The van der Waals surface area contributed by atoms with Crippen molar-refractivity contribution in [3.8, 4) is 0 Å². The van der Waals surface area contributed by atoms with Crippen molar-refractivity contribution >= 4 is 22.6 Å². The maximum atomic E-state index is 13.0. The van der Waals surface area contributed by atoms with Crippen LogP contribution in [0.25, 0.3) is 0 Å². The quantitative estimate of drug-likeness (QED) is 0.888.